The second kappa shape index (κ2) is 6.36. The Kier molecular flexibility index (Phi) is 4.55. The summed E-state index contributed by atoms with van der Waals surface area (Å²) >= 11 is 0. The van der Waals surface area contributed by atoms with Crippen LogP contribution in [0.3, 0.4) is 0 Å². The quantitative estimate of drug-likeness (QED) is 0.877. The van der Waals surface area contributed by atoms with Gasteiger partial charge in [-0.1, -0.05) is 31.4 Å². The van der Waals surface area contributed by atoms with Gasteiger partial charge in [-0.15, -0.1) is 0 Å². The molecule has 1 fully saturated rings. The molecular weight excluding hydrogens is 240 g/mol. The molecule has 0 atom stereocenters. The fraction of sp³-hybridized carbons (Fsp3) is 0.467. The summed E-state index contributed by atoms with van der Waals surface area (Å²) in [6.07, 6.45) is 5.37. The van der Waals surface area contributed by atoms with E-state index in [4.69, 9.17) is 0 Å². The van der Waals surface area contributed by atoms with Gasteiger partial charge in [0.1, 0.15) is 0 Å². The molecule has 102 valence electrons. The number of nitrogens with one attached hydrogen (secondary N) is 2. The van der Waals surface area contributed by atoms with Crippen molar-refractivity contribution >= 4 is 17.5 Å². The number of carbonyl (C=O) groups is 2. The van der Waals surface area contributed by atoms with Crippen molar-refractivity contribution in [2.45, 2.75) is 32.1 Å². The Bertz CT molecular complexity index is 465. The van der Waals surface area contributed by atoms with Crippen LogP contribution in [0, 0.1) is 5.92 Å². The summed E-state index contributed by atoms with van der Waals surface area (Å²) in [6.45, 7) is 0. The molecule has 1 saturated carbocycles. The standard InChI is InChI=1S/C15H20N2O2/c1-16-15(19)12-9-5-6-10-13(12)17-14(18)11-7-3-2-4-8-11/h5-6,9-11H,2-4,7-8H2,1H3,(H,16,19)(H,17,18). The zero-order valence-corrected chi connectivity index (χ0v) is 11.2. The minimum Gasteiger partial charge on any atom is -0.355 e. The maximum Gasteiger partial charge on any atom is 0.253 e. The number of carbonyl (C=O) groups excluding carboxylic acids is 2. The van der Waals surface area contributed by atoms with Crippen molar-refractivity contribution in [1.29, 1.82) is 0 Å². The molecule has 2 amide bonds. The number of hydrogen-bond donors (Lipinski definition) is 2. The van der Waals surface area contributed by atoms with Crippen LogP contribution in [0.2, 0.25) is 0 Å². The molecule has 19 heavy (non-hydrogen) atoms. The highest BCUT2D eigenvalue weighted by Crippen LogP contribution is 2.25. The van der Waals surface area contributed by atoms with Crippen LogP contribution in [0.4, 0.5) is 5.69 Å². The van der Waals surface area contributed by atoms with Crippen LogP contribution in [-0.2, 0) is 4.79 Å². The van der Waals surface area contributed by atoms with E-state index in [2.05, 4.69) is 10.6 Å². The zero-order valence-electron chi connectivity index (χ0n) is 11.2. The zero-order chi connectivity index (χ0) is 13.7. The van der Waals surface area contributed by atoms with Crippen molar-refractivity contribution in [3.8, 4) is 0 Å². The van der Waals surface area contributed by atoms with E-state index in [1.807, 2.05) is 6.07 Å². The van der Waals surface area contributed by atoms with E-state index < -0.39 is 0 Å². The number of benzene rings is 1. The van der Waals surface area contributed by atoms with Crippen molar-refractivity contribution in [2.75, 3.05) is 12.4 Å². The molecule has 2 rings (SSSR count). The maximum absolute atomic E-state index is 12.2. The van der Waals surface area contributed by atoms with Crippen molar-refractivity contribution in [3.05, 3.63) is 29.8 Å². The summed E-state index contributed by atoms with van der Waals surface area (Å²) in [4.78, 5) is 23.9. The molecular formula is C15H20N2O2. The van der Waals surface area contributed by atoms with Crippen LogP contribution in [0.1, 0.15) is 42.5 Å². The third kappa shape index (κ3) is 3.34. The lowest BCUT2D eigenvalue weighted by Crippen LogP contribution is -2.27. The number of amides is 2. The lowest BCUT2D eigenvalue weighted by Gasteiger charge is -2.21. The fourth-order valence-electron chi connectivity index (χ4n) is 2.52. The van der Waals surface area contributed by atoms with E-state index in [0.29, 0.717) is 11.3 Å². The summed E-state index contributed by atoms with van der Waals surface area (Å²) < 4.78 is 0. The average molecular weight is 260 g/mol. The SMILES string of the molecule is CNC(=O)c1ccccc1NC(=O)C1CCCCC1. The van der Waals surface area contributed by atoms with Gasteiger partial charge >= 0.3 is 0 Å². The van der Waals surface area contributed by atoms with E-state index in [1.54, 1.807) is 25.2 Å². The predicted molar refractivity (Wildman–Crippen MR) is 75.0 cm³/mol. The van der Waals surface area contributed by atoms with Gasteiger partial charge in [-0.05, 0) is 25.0 Å². The molecule has 4 heteroatoms. The molecule has 0 bridgehead atoms. The van der Waals surface area contributed by atoms with Crippen LogP contribution in [0.25, 0.3) is 0 Å². The van der Waals surface area contributed by atoms with Crippen molar-refractivity contribution < 1.29 is 9.59 Å². The summed E-state index contributed by atoms with van der Waals surface area (Å²) in [5, 5.41) is 5.48. The molecule has 1 aliphatic carbocycles. The first-order chi connectivity index (χ1) is 9.22. The Morgan fingerprint density at radius 2 is 1.79 bits per heavy atom. The minimum absolute atomic E-state index is 0.0380. The molecule has 2 N–H and O–H groups in total. The maximum atomic E-state index is 12.2. The van der Waals surface area contributed by atoms with Crippen molar-refractivity contribution in [3.63, 3.8) is 0 Å². The van der Waals surface area contributed by atoms with Crippen LogP contribution in [0.5, 0.6) is 0 Å². The van der Waals surface area contributed by atoms with Gasteiger partial charge in [0.25, 0.3) is 5.91 Å². The molecule has 0 radical (unpaired) electrons. The highest BCUT2D eigenvalue weighted by Gasteiger charge is 2.22. The Labute approximate surface area is 113 Å². The summed E-state index contributed by atoms with van der Waals surface area (Å²) in [5.41, 5.74) is 1.10. The van der Waals surface area contributed by atoms with Gasteiger partial charge in [0, 0.05) is 13.0 Å². The fourth-order valence-corrected chi connectivity index (χ4v) is 2.52. The molecule has 0 aromatic heterocycles. The second-order valence-corrected chi connectivity index (χ2v) is 4.95. The molecule has 4 nitrogen and oxygen atoms in total. The molecule has 0 spiro atoms. The van der Waals surface area contributed by atoms with Gasteiger partial charge in [0.2, 0.25) is 5.91 Å². The molecule has 0 unspecified atom stereocenters. The third-order valence-corrected chi connectivity index (χ3v) is 3.63. The summed E-state index contributed by atoms with van der Waals surface area (Å²) in [5.74, 6) is -0.0536. The molecule has 0 aliphatic heterocycles. The molecule has 0 heterocycles. The van der Waals surface area contributed by atoms with E-state index in [-0.39, 0.29) is 17.7 Å². The Morgan fingerprint density at radius 3 is 2.47 bits per heavy atom. The van der Waals surface area contributed by atoms with Gasteiger partial charge in [-0.2, -0.15) is 0 Å². The van der Waals surface area contributed by atoms with E-state index in [9.17, 15) is 9.59 Å². The van der Waals surface area contributed by atoms with Gasteiger partial charge in [0.05, 0.1) is 11.3 Å². The second-order valence-electron chi connectivity index (χ2n) is 4.95. The van der Waals surface area contributed by atoms with Gasteiger partial charge in [-0.3, -0.25) is 9.59 Å². The average Bonchev–Trinajstić information content (AvgIpc) is 2.48. The van der Waals surface area contributed by atoms with E-state index >= 15 is 0 Å². The van der Waals surface area contributed by atoms with Gasteiger partial charge in [-0.25, -0.2) is 0 Å². The lowest BCUT2D eigenvalue weighted by molar-refractivity contribution is -0.120. The number of anilines is 1. The Morgan fingerprint density at radius 1 is 1.11 bits per heavy atom. The largest absolute Gasteiger partial charge is 0.355 e. The smallest absolute Gasteiger partial charge is 0.253 e. The van der Waals surface area contributed by atoms with Gasteiger partial charge in [0.15, 0.2) is 0 Å². The highest BCUT2D eigenvalue weighted by atomic mass is 16.2. The van der Waals surface area contributed by atoms with Gasteiger partial charge < -0.3 is 10.6 Å². The summed E-state index contributed by atoms with van der Waals surface area (Å²) in [7, 11) is 1.59. The first kappa shape index (κ1) is 13.6. The van der Waals surface area contributed by atoms with Crippen molar-refractivity contribution in [2.24, 2.45) is 5.92 Å². The first-order valence-electron chi connectivity index (χ1n) is 6.84. The minimum atomic E-state index is -0.181. The number of hydrogen-bond acceptors (Lipinski definition) is 2. The topological polar surface area (TPSA) is 58.2 Å². The Balaban J connectivity index is 2.09. The molecule has 1 aromatic carbocycles. The third-order valence-electron chi connectivity index (χ3n) is 3.63. The number of rotatable bonds is 3. The van der Waals surface area contributed by atoms with E-state index in [1.165, 1.54) is 6.42 Å². The van der Waals surface area contributed by atoms with Crippen LogP contribution in [0.15, 0.2) is 24.3 Å². The predicted octanol–water partition coefficient (Wildman–Crippen LogP) is 2.57. The lowest BCUT2D eigenvalue weighted by atomic mass is 9.88. The Hall–Kier alpha value is -1.84. The molecule has 0 saturated heterocycles. The highest BCUT2D eigenvalue weighted by molar-refractivity contribution is 6.04. The normalized spacial score (nSPS) is 15.8. The van der Waals surface area contributed by atoms with E-state index in [0.717, 1.165) is 25.7 Å². The van der Waals surface area contributed by atoms with Crippen molar-refractivity contribution in [1.82, 2.24) is 5.32 Å². The molecule has 1 aromatic rings. The molecule has 1 aliphatic rings. The van der Waals surface area contributed by atoms with Crippen LogP contribution in [-0.4, -0.2) is 18.9 Å². The van der Waals surface area contributed by atoms with Crippen LogP contribution >= 0.6 is 0 Å². The number of para-hydroxylation sites is 1. The first-order valence-corrected chi connectivity index (χ1v) is 6.84. The monoisotopic (exact) mass is 260 g/mol. The van der Waals surface area contributed by atoms with Crippen LogP contribution < -0.4 is 10.6 Å². The summed E-state index contributed by atoms with van der Waals surface area (Å²) in [6, 6.07) is 7.10.